The zero-order valence-corrected chi connectivity index (χ0v) is 17.7. The average Bonchev–Trinajstić information content (AvgIpc) is 2.80. The van der Waals surface area contributed by atoms with Crippen LogP contribution in [-0.2, 0) is 17.6 Å². The van der Waals surface area contributed by atoms with Gasteiger partial charge in [-0.25, -0.2) is 0 Å². The van der Waals surface area contributed by atoms with Crippen molar-refractivity contribution >= 4 is 23.2 Å². The van der Waals surface area contributed by atoms with Crippen LogP contribution in [0.1, 0.15) is 33.6 Å². The van der Waals surface area contributed by atoms with Crippen LogP contribution in [0.5, 0.6) is 5.75 Å². The van der Waals surface area contributed by atoms with Crippen LogP contribution in [0.15, 0.2) is 60.8 Å². The molecule has 1 aromatic heterocycles. The number of benzene rings is 2. The summed E-state index contributed by atoms with van der Waals surface area (Å²) >= 11 is 0. The molecule has 0 atom stereocenters. The normalized spacial score (nSPS) is 12.8. The molecule has 0 aliphatic carbocycles. The molecule has 0 unspecified atom stereocenters. The number of carbonyl (C=O) groups excluding carboxylic acids is 2. The lowest BCUT2D eigenvalue weighted by atomic mass is 10.0. The number of amides is 2. The lowest BCUT2D eigenvalue weighted by molar-refractivity contribution is -0.118. The number of para-hydroxylation sites is 2. The fourth-order valence-corrected chi connectivity index (χ4v) is 3.83. The van der Waals surface area contributed by atoms with Gasteiger partial charge in [-0.15, -0.1) is 0 Å². The SMILES string of the molecule is COc1ccccc1CC(=O)N1CCCc2ncc(C(=O)Nc3ccccc3C)cc21. The molecule has 3 aromatic rings. The molecule has 31 heavy (non-hydrogen) atoms. The first-order valence-corrected chi connectivity index (χ1v) is 10.3. The Morgan fingerprint density at radius 3 is 2.71 bits per heavy atom. The molecule has 1 aliphatic rings. The number of methoxy groups -OCH3 is 1. The van der Waals surface area contributed by atoms with Crippen LogP contribution in [0.4, 0.5) is 11.4 Å². The molecule has 0 spiro atoms. The van der Waals surface area contributed by atoms with Crippen molar-refractivity contribution in [3.05, 3.63) is 83.2 Å². The average molecular weight is 415 g/mol. The molecular weight excluding hydrogens is 390 g/mol. The number of rotatable bonds is 5. The van der Waals surface area contributed by atoms with Gasteiger partial charge >= 0.3 is 0 Å². The number of pyridine rings is 1. The molecule has 6 nitrogen and oxygen atoms in total. The van der Waals surface area contributed by atoms with Gasteiger partial charge < -0.3 is 15.0 Å². The van der Waals surface area contributed by atoms with Crippen LogP contribution in [0.25, 0.3) is 0 Å². The first-order chi connectivity index (χ1) is 15.1. The number of hydrogen-bond acceptors (Lipinski definition) is 4. The fourth-order valence-electron chi connectivity index (χ4n) is 3.83. The van der Waals surface area contributed by atoms with E-state index in [1.54, 1.807) is 24.3 Å². The Labute approximate surface area is 181 Å². The van der Waals surface area contributed by atoms with Gasteiger partial charge in [-0.3, -0.25) is 14.6 Å². The molecule has 2 amide bonds. The van der Waals surface area contributed by atoms with E-state index >= 15 is 0 Å². The molecule has 0 radical (unpaired) electrons. The van der Waals surface area contributed by atoms with Crippen LogP contribution in [0.2, 0.25) is 0 Å². The minimum Gasteiger partial charge on any atom is -0.496 e. The van der Waals surface area contributed by atoms with Crippen molar-refractivity contribution in [2.75, 3.05) is 23.9 Å². The minimum atomic E-state index is -0.243. The third kappa shape index (κ3) is 4.43. The Morgan fingerprint density at radius 1 is 1.13 bits per heavy atom. The van der Waals surface area contributed by atoms with Crippen LogP contribution in [0.3, 0.4) is 0 Å². The highest BCUT2D eigenvalue weighted by Crippen LogP contribution is 2.28. The van der Waals surface area contributed by atoms with Gasteiger partial charge in [0.15, 0.2) is 0 Å². The number of hydrogen-bond donors (Lipinski definition) is 1. The molecular formula is C25H25N3O3. The van der Waals surface area contributed by atoms with E-state index in [0.29, 0.717) is 23.5 Å². The Kier molecular flexibility index (Phi) is 5.98. The standard InChI is InChI=1S/C25H25N3O3/c1-17-8-3-5-10-20(17)27-25(30)19-14-22-21(26-16-19)11-7-13-28(22)24(29)15-18-9-4-6-12-23(18)31-2/h3-6,8-10,12,14,16H,7,11,13,15H2,1-2H3,(H,27,30). The Morgan fingerprint density at radius 2 is 1.90 bits per heavy atom. The van der Waals surface area contributed by atoms with Crippen LogP contribution < -0.4 is 15.0 Å². The summed E-state index contributed by atoms with van der Waals surface area (Å²) in [6, 6.07) is 16.9. The second-order valence-corrected chi connectivity index (χ2v) is 7.60. The molecule has 2 aromatic carbocycles. The van der Waals surface area contributed by atoms with E-state index in [1.807, 2.05) is 55.5 Å². The number of aryl methyl sites for hydroxylation is 2. The van der Waals surface area contributed by atoms with E-state index in [4.69, 9.17) is 4.74 Å². The lowest BCUT2D eigenvalue weighted by Crippen LogP contribution is -2.37. The van der Waals surface area contributed by atoms with Crippen LogP contribution in [0, 0.1) is 6.92 Å². The van der Waals surface area contributed by atoms with Gasteiger partial charge in [0.1, 0.15) is 5.75 Å². The smallest absolute Gasteiger partial charge is 0.257 e. The summed E-state index contributed by atoms with van der Waals surface area (Å²) < 4.78 is 5.38. The topological polar surface area (TPSA) is 71.5 Å². The van der Waals surface area contributed by atoms with Crippen molar-refractivity contribution in [2.24, 2.45) is 0 Å². The van der Waals surface area contributed by atoms with Crippen molar-refractivity contribution in [3.8, 4) is 5.75 Å². The summed E-state index contributed by atoms with van der Waals surface area (Å²) in [5, 5.41) is 2.93. The molecule has 1 aliphatic heterocycles. The summed E-state index contributed by atoms with van der Waals surface area (Å²) in [7, 11) is 1.60. The number of carbonyl (C=O) groups is 2. The van der Waals surface area contributed by atoms with E-state index in [-0.39, 0.29) is 18.2 Å². The summed E-state index contributed by atoms with van der Waals surface area (Å²) in [6.45, 7) is 2.55. The molecule has 0 bridgehead atoms. The predicted molar refractivity (Wildman–Crippen MR) is 121 cm³/mol. The van der Waals surface area contributed by atoms with Gasteiger partial charge in [0.25, 0.3) is 5.91 Å². The molecule has 2 heterocycles. The lowest BCUT2D eigenvalue weighted by Gasteiger charge is -2.29. The molecule has 6 heteroatoms. The maximum atomic E-state index is 13.2. The van der Waals surface area contributed by atoms with Crippen LogP contribution >= 0.6 is 0 Å². The van der Waals surface area contributed by atoms with Crippen molar-refractivity contribution in [1.29, 1.82) is 0 Å². The van der Waals surface area contributed by atoms with E-state index in [0.717, 1.165) is 35.3 Å². The molecule has 4 rings (SSSR count). The zero-order chi connectivity index (χ0) is 21.8. The number of nitrogens with zero attached hydrogens (tertiary/aromatic N) is 2. The van der Waals surface area contributed by atoms with Crippen molar-refractivity contribution in [2.45, 2.75) is 26.2 Å². The largest absolute Gasteiger partial charge is 0.496 e. The van der Waals surface area contributed by atoms with Gasteiger partial charge in [-0.2, -0.15) is 0 Å². The van der Waals surface area contributed by atoms with Crippen molar-refractivity contribution in [3.63, 3.8) is 0 Å². The van der Waals surface area contributed by atoms with Gasteiger partial charge in [-0.1, -0.05) is 36.4 Å². The molecule has 158 valence electrons. The van der Waals surface area contributed by atoms with Crippen molar-refractivity contribution in [1.82, 2.24) is 4.98 Å². The third-order valence-electron chi connectivity index (χ3n) is 5.52. The number of fused-ring (bicyclic) bond motifs is 1. The fraction of sp³-hybridized carbons (Fsp3) is 0.240. The quantitative estimate of drug-likeness (QED) is 0.679. The summed E-state index contributed by atoms with van der Waals surface area (Å²) in [5.41, 5.74) is 4.56. The Hall–Kier alpha value is -3.67. The van der Waals surface area contributed by atoms with E-state index in [9.17, 15) is 9.59 Å². The maximum Gasteiger partial charge on any atom is 0.257 e. The number of anilines is 2. The Balaban J connectivity index is 1.58. The minimum absolute atomic E-state index is 0.0382. The summed E-state index contributed by atoms with van der Waals surface area (Å²) in [6.07, 6.45) is 3.43. The van der Waals surface area contributed by atoms with Gasteiger partial charge in [-0.05, 0) is 43.5 Å². The van der Waals surface area contributed by atoms with E-state index in [1.165, 1.54) is 0 Å². The number of aromatic nitrogens is 1. The van der Waals surface area contributed by atoms with Gasteiger partial charge in [0.05, 0.1) is 30.5 Å². The second kappa shape index (κ2) is 9.00. The monoisotopic (exact) mass is 415 g/mol. The highest BCUT2D eigenvalue weighted by atomic mass is 16.5. The molecule has 0 fully saturated rings. The van der Waals surface area contributed by atoms with Gasteiger partial charge in [0, 0.05) is 24.0 Å². The van der Waals surface area contributed by atoms with E-state index < -0.39 is 0 Å². The number of ether oxygens (including phenoxy) is 1. The maximum absolute atomic E-state index is 13.2. The highest BCUT2D eigenvalue weighted by Gasteiger charge is 2.25. The second-order valence-electron chi connectivity index (χ2n) is 7.60. The zero-order valence-electron chi connectivity index (χ0n) is 17.7. The molecule has 0 saturated heterocycles. The predicted octanol–water partition coefficient (Wildman–Crippen LogP) is 4.17. The van der Waals surface area contributed by atoms with Crippen LogP contribution in [-0.4, -0.2) is 30.5 Å². The number of nitrogens with one attached hydrogen (secondary N) is 1. The summed E-state index contributed by atoms with van der Waals surface area (Å²) in [5.74, 6) is 0.411. The highest BCUT2D eigenvalue weighted by molar-refractivity contribution is 6.06. The van der Waals surface area contributed by atoms with E-state index in [2.05, 4.69) is 10.3 Å². The van der Waals surface area contributed by atoms with Crippen molar-refractivity contribution < 1.29 is 14.3 Å². The Bertz CT molecular complexity index is 1130. The molecule has 0 saturated carbocycles. The molecule has 1 N–H and O–H groups in total. The third-order valence-corrected chi connectivity index (χ3v) is 5.52. The summed E-state index contributed by atoms with van der Waals surface area (Å²) in [4.78, 5) is 32.2. The first kappa shape index (κ1) is 20.6. The first-order valence-electron chi connectivity index (χ1n) is 10.3. The van der Waals surface area contributed by atoms with Gasteiger partial charge in [0.2, 0.25) is 5.91 Å².